The Balaban J connectivity index is 2.50. The Morgan fingerprint density at radius 2 is 2.12 bits per heavy atom. The summed E-state index contributed by atoms with van der Waals surface area (Å²) in [4.78, 5) is 14.0. The van der Waals surface area contributed by atoms with E-state index in [2.05, 4.69) is 33.0 Å². The topological polar surface area (TPSA) is 58.4 Å². The summed E-state index contributed by atoms with van der Waals surface area (Å²) in [5.74, 6) is 1.13. The molecule has 1 aliphatic heterocycles. The van der Waals surface area contributed by atoms with E-state index in [1.165, 1.54) is 0 Å². The summed E-state index contributed by atoms with van der Waals surface area (Å²) in [5.41, 5.74) is 5.48. The number of nitrogens with two attached hydrogens (primary N) is 1. The number of carbonyl (C=O) groups excluding carboxylic acids is 1. The third-order valence-electron chi connectivity index (χ3n) is 3.92. The number of nitrogens with zero attached hydrogens (tertiary/aromatic N) is 1. The number of urea groups is 1. The Labute approximate surface area is 105 Å². The normalized spacial score (nSPS) is 25.1. The molecule has 17 heavy (non-hydrogen) atoms. The summed E-state index contributed by atoms with van der Waals surface area (Å²) in [6, 6.07) is 0.0724. The first-order valence-corrected chi connectivity index (χ1v) is 6.66. The number of carbonyl (C=O) groups is 1. The second kappa shape index (κ2) is 5.71. The molecule has 3 N–H and O–H groups in total. The number of hydrogen-bond donors (Lipinski definition) is 2. The number of likely N-dealkylation sites (tertiary alicyclic amines) is 1. The number of rotatable bonds is 4. The van der Waals surface area contributed by atoms with Crippen LogP contribution in [0, 0.1) is 11.8 Å². The molecule has 0 aliphatic carbocycles. The molecule has 2 atom stereocenters. The van der Waals surface area contributed by atoms with E-state index in [-0.39, 0.29) is 11.6 Å². The van der Waals surface area contributed by atoms with Crippen LogP contribution < -0.4 is 11.1 Å². The lowest BCUT2D eigenvalue weighted by Gasteiger charge is -2.28. The molecule has 1 aliphatic rings. The molecule has 0 aromatic rings. The molecule has 2 amide bonds. The standard InChI is InChI=1S/C13H27N3O/c1-5-13(3,4)15-12(17)16-8-10(2)11(9-16)6-7-14/h10-11H,5-9,14H2,1-4H3,(H,15,17)/t10-,11-/m1/s1. The van der Waals surface area contributed by atoms with Gasteiger partial charge in [-0.15, -0.1) is 0 Å². The van der Waals surface area contributed by atoms with Crippen LogP contribution in [-0.4, -0.2) is 36.1 Å². The fourth-order valence-corrected chi connectivity index (χ4v) is 2.25. The predicted octanol–water partition coefficient (Wildman–Crippen LogP) is 1.80. The quantitative estimate of drug-likeness (QED) is 0.788. The molecule has 4 heteroatoms. The van der Waals surface area contributed by atoms with E-state index in [0.717, 1.165) is 25.9 Å². The fourth-order valence-electron chi connectivity index (χ4n) is 2.25. The number of hydrogen-bond acceptors (Lipinski definition) is 2. The molecule has 1 heterocycles. The van der Waals surface area contributed by atoms with Gasteiger partial charge < -0.3 is 16.0 Å². The Hall–Kier alpha value is -0.770. The molecule has 100 valence electrons. The average Bonchev–Trinajstić information content (AvgIpc) is 2.61. The maximum atomic E-state index is 12.1. The summed E-state index contributed by atoms with van der Waals surface area (Å²) in [6.45, 7) is 10.8. The van der Waals surface area contributed by atoms with Gasteiger partial charge in [-0.1, -0.05) is 13.8 Å². The minimum absolute atomic E-state index is 0.0724. The second-order valence-corrected chi connectivity index (χ2v) is 5.89. The van der Waals surface area contributed by atoms with Gasteiger partial charge in [0.15, 0.2) is 0 Å². The lowest BCUT2D eigenvalue weighted by atomic mass is 9.95. The summed E-state index contributed by atoms with van der Waals surface area (Å²) in [5, 5.41) is 3.09. The Morgan fingerprint density at radius 1 is 1.47 bits per heavy atom. The first kappa shape index (κ1) is 14.3. The van der Waals surface area contributed by atoms with Crippen molar-refractivity contribution in [3.8, 4) is 0 Å². The van der Waals surface area contributed by atoms with E-state index in [1.54, 1.807) is 0 Å². The lowest BCUT2D eigenvalue weighted by Crippen LogP contribution is -2.49. The minimum Gasteiger partial charge on any atom is -0.333 e. The highest BCUT2D eigenvalue weighted by Crippen LogP contribution is 2.25. The van der Waals surface area contributed by atoms with Crippen molar-refractivity contribution < 1.29 is 4.79 Å². The molecule has 0 unspecified atom stereocenters. The molecule has 1 fully saturated rings. The highest BCUT2D eigenvalue weighted by atomic mass is 16.2. The van der Waals surface area contributed by atoms with Crippen LogP contribution in [0.15, 0.2) is 0 Å². The van der Waals surface area contributed by atoms with Crippen LogP contribution in [0.25, 0.3) is 0 Å². The van der Waals surface area contributed by atoms with Crippen LogP contribution in [0.1, 0.15) is 40.5 Å². The zero-order valence-corrected chi connectivity index (χ0v) is 11.6. The number of amides is 2. The lowest BCUT2D eigenvalue weighted by molar-refractivity contribution is 0.194. The van der Waals surface area contributed by atoms with Crippen LogP contribution in [-0.2, 0) is 0 Å². The molecule has 0 aromatic carbocycles. The minimum atomic E-state index is -0.119. The van der Waals surface area contributed by atoms with Crippen LogP contribution in [0.5, 0.6) is 0 Å². The largest absolute Gasteiger partial charge is 0.333 e. The van der Waals surface area contributed by atoms with Gasteiger partial charge in [0, 0.05) is 18.6 Å². The van der Waals surface area contributed by atoms with E-state index >= 15 is 0 Å². The van der Waals surface area contributed by atoms with Crippen molar-refractivity contribution in [3.05, 3.63) is 0 Å². The summed E-state index contributed by atoms with van der Waals surface area (Å²) < 4.78 is 0. The molecule has 0 aromatic heterocycles. The summed E-state index contributed by atoms with van der Waals surface area (Å²) in [6.07, 6.45) is 1.95. The van der Waals surface area contributed by atoms with Gasteiger partial charge >= 0.3 is 6.03 Å². The first-order chi connectivity index (χ1) is 7.89. The van der Waals surface area contributed by atoms with Crippen LogP contribution >= 0.6 is 0 Å². The molecule has 0 bridgehead atoms. The van der Waals surface area contributed by atoms with Crippen molar-refractivity contribution in [2.24, 2.45) is 17.6 Å². The van der Waals surface area contributed by atoms with Gasteiger partial charge in [0.25, 0.3) is 0 Å². The highest BCUT2D eigenvalue weighted by Gasteiger charge is 2.33. The molecular formula is C13H27N3O. The van der Waals surface area contributed by atoms with Crippen LogP contribution in [0.4, 0.5) is 4.79 Å². The van der Waals surface area contributed by atoms with Gasteiger partial charge in [0.2, 0.25) is 0 Å². The maximum Gasteiger partial charge on any atom is 0.317 e. The monoisotopic (exact) mass is 241 g/mol. The van der Waals surface area contributed by atoms with Gasteiger partial charge in [-0.05, 0) is 45.1 Å². The maximum absolute atomic E-state index is 12.1. The molecule has 0 radical (unpaired) electrons. The fraction of sp³-hybridized carbons (Fsp3) is 0.923. The summed E-state index contributed by atoms with van der Waals surface area (Å²) in [7, 11) is 0. The van der Waals surface area contributed by atoms with Crippen molar-refractivity contribution in [2.75, 3.05) is 19.6 Å². The van der Waals surface area contributed by atoms with Crippen molar-refractivity contribution >= 4 is 6.03 Å². The van der Waals surface area contributed by atoms with Crippen LogP contribution in [0.2, 0.25) is 0 Å². The van der Waals surface area contributed by atoms with Crippen molar-refractivity contribution in [2.45, 2.75) is 46.1 Å². The van der Waals surface area contributed by atoms with Crippen LogP contribution in [0.3, 0.4) is 0 Å². The first-order valence-electron chi connectivity index (χ1n) is 6.66. The second-order valence-electron chi connectivity index (χ2n) is 5.89. The van der Waals surface area contributed by atoms with E-state index in [4.69, 9.17) is 5.73 Å². The Kier molecular flexibility index (Phi) is 4.80. The zero-order valence-electron chi connectivity index (χ0n) is 11.6. The van der Waals surface area contributed by atoms with E-state index in [9.17, 15) is 4.79 Å². The van der Waals surface area contributed by atoms with E-state index in [1.807, 2.05) is 4.90 Å². The van der Waals surface area contributed by atoms with Gasteiger partial charge in [-0.2, -0.15) is 0 Å². The van der Waals surface area contributed by atoms with E-state index in [0.29, 0.717) is 18.4 Å². The van der Waals surface area contributed by atoms with Crippen molar-refractivity contribution in [1.29, 1.82) is 0 Å². The number of nitrogens with one attached hydrogen (secondary N) is 1. The van der Waals surface area contributed by atoms with Gasteiger partial charge in [0.05, 0.1) is 0 Å². The van der Waals surface area contributed by atoms with Gasteiger partial charge in [-0.3, -0.25) is 0 Å². The summed E-state index contributed by atoms with van der Waals surface area (Å²) >= 11 is 0. The molecule has 0 saturated carbocycles. The Morgan fingerprint density at radius 3 is 2.65 bits per heavy atom. The van der Waals surface area contributed by atoms with E-state index < -0.39 is 0 Å². The molecule has 4 nitrogen and oxygen atoms in total. The third kappa shape index (κ3) is 3.87. The third-order valence-corrected chi connectivity index (χ3v) is 3.92. The predicted molar refractivity (Wildman–Crippen MR) is 70.8 cm³/mol. The Bertz CT molecular complexity index is 265. The average molecular weight is 241 g/mol. The zero-order chi connectivity index (χ0) is 13.1. The SMILES string of the molecule is CCC(C)(C)NC(=O)N1C[C@@H](CCN)[C@H](C)C1. The van der Waals surface area contributed by atoms with Gasteiger partial charge in [-0.25, -0.2) is 4.79 Å². The smallest absolute Gasteiger partial charge is 0.317 e. The van der Waals surface area contributed by atoms with Crippen molar-refractivity contribution in [3.63, 3.8) is 0 Å². The molecule has 1 saturated heterocycles. The van der Waals surface area contributed by atoms with Gasteiger partial charge in [0.1, 0.15) is 0 Å². The molecule has 0 spiro atoms. The van der Waals surface area contributed by atoms with Crippen molar-refractivity contribution in [1.82, 2.24) is 10.2 Å². The highest BCUT2D eigenvalue weighted by molar-refractivity contribution is 5.75. The molecular weight excluding hydrogens is 214 g/mol. The molecule has 1 rings (SSSR count).